The number of halogens is 2. The standard InChI is InChI=1S/C19H18F2N2O2/c20-15-9-6-13(11-16(15)21)18(24)23-17(19(25)22-14-7-8-14)10-12-4-2-1-3-5-12/h1-6,9,11,14,17H,7-8,10H2,(H,22,25)(H,23,24)/t17-/m0/s1. The van der Waals surface area contributed by atoms with Gasteiger partial charge in [0.15, 0.2) is 11.6 Å². The van der Waals surface area contributed by atoms with Gasteiger partial charge in [-0.2, -0.15) is 0 Å². The molecule has 0 spiro atoms. The second-order valence-electron chi connectivity index (χ2n) is 6.13. The van der Waals surface area contributed by atoms with Gasteiger partial charge in [-0.25, -0.2) is 8.78 Å². The Morgan fingerprint density at radius 3 is 2.40 bits per heavy atom. The first kappa shape index (κ1) is 17.1. The lowest BCUT2D eigenvalue weighted by Gasteiger charge is -2.18. The van der Waals surface area contributed by atoms with Crippen LogP contribution in [0.1, 0.15) is 28.8 Å². The highest BCUT2D eigenvalue weighted by Gasteiger charge is 2.28. The van der Waals surface area contributed by atoms with Crippen LogP contribution in [0, 0.1) is 11.6 Å². The Kier molecular flexibility index (Phi) is 5.07. The maximum Gasteiger partial charge on any atom is 0.252 e. The van der Waals surface area contributed by atoms with Crippen molar-refractivity contribution < 1.29 is 18.4 Å². The normalized spacial score (nSPS) is 14.6. The number of amides is 2. The van der Waals surface area contributed by atoms with Crippen LogP contribution in [0.2, 0.25) is 0 Å². The van der Waals surface area contributed by atoms with E-state index in [0.717, 1.165) is 30.5 Å². The van der Waals surface area contributed by atoms with Crippen molar-refractivity contribution in [3.8, 4) is 0 Å². The summed E-state index contributed by atoms with van der Waals surface area (Å²) < 4.78 is 26.3. The molecular formula is C19H18F2N2O2. The highest BCUT2D eigenvalue weighted by atomic mass is 19.2. The molecule has 4 nitrogen and oxygen atoms in total. The molecule has 1 saturated carbocycles. The Morgan fingerprint density at radius 2 is 1.76 bits per heavy atom. The van der Waals surface area contributed by atoms with Gasteiger partial charge < -0.3 is 10.6 Å². The van der Waals surface area contributed by atoms with Gasteiger partial charge in [0, 0.05) is 18.0 Å². The first-order valence-corrected chi connectivity index (χ1v) is 8.13. The maximum absolute atomic E-state index is 13.3. The molecule has 130 valence electrons. The third kappa shape index (κ3) is 4.62. The van der Waals surface area contributed by atoms with Crippen molar-refractivity contribution in [3.05, 3.63) is 71.3 Å². The predicted molar refractivity (Wildman–Crippen MR) is 88.9 cm³/mol. The predicted octanol–water partition coefficient (Wildman–Crippen LogP) is 2.58. The fourth-order valence-electron chi connectivity index (χ4n) is 2.47. The molecule has 1 aliphatic rings. The van der Waals surface area contributed by atoms with Crippen LogP contribution >= 0.6 is 0 Å². The minimum atomic E-state index is -1.10. The van der Waals surface area contributed by atoms with Crippen molar-refractivity contribution >= 4 is 11.8 Å². The van der Waals surface area contributed by atoms with E-state index in [9.17, 15) is 18.4 Å². The summed E-state index contributed by atoms with van der Waals surface area (Å²) >= 11 is 0. The minimum absolute atomic E-state index is 0.0313. The summed E-state index contributed by atoms with van der Waals surface area (Å²) in [6, 6.07) is 11.6. The van der Waals surface area contributed by atoms with Crippen molar-refractivity contribution in [1.82, 2.24) is 10.6 Å². The molecule has 0 saturated heterocycles. The summed E-state index contributed by atoms with van der Waals surface area (Å²) in [6.45, 7) is 0. The number of carbonyl (C=O) groups excluding carboxylic acids is 2. The molecule has 1 aliphatic carbocycles. The van der Waals surface area contributed by atoms with Gasteiger partial charge in [0.05, 0.1) is 0 Å². The zero-order valence-corrected chi connectivity index (χ0v) is 13.5. The summed E-state index contributed by atoms with van der Waals surface area (Å²) in [5.74, 6) is -3.02. The van der Waals surface area contributed by atoms with Crippen molar-refractivity contribution in [1.29, 1.82) is 0 Å². The van der Waals surface area contributed by atoms with Crippen LogP contribution in [0.15, 0.2) is 48.5 Å². The van der Waals surface area contributed by atoms with Crippen LogP contribution in [-0.4, -0.2) is 23.9 Å². The highest BCUT2D eigenvalue weighted by molar-refractivity contribution is 5.97. The van der Waals surface area contributed by atoms with E-state index in [-0.39, 0.29) is 17.5 Å². The van der Waals surface area contributed by atoms with Crippen molar-refractivity contribution in [2.45, 2.75) is 31.3 Å². The van der Waals surface area contributed by atoms with Gasteiger partial charge in [-0.15, -0.1) is 0 Å². The van der Waals surface area contributed by atoms with Crippen LogP contribution in [0.3, 0.4) is 0 Å². The van der Waals surface area contributed by atoms with E-state index >= 15 is 0 Å². The van der Waals surface area contributed by atoms with Gasteiger partial charge in [0.25, 0.3) is 5.91 Å². The van der Waals surface area contributed by atoms with E-state index in [1.165, 1.54) is 6.07 Å². The first-order chi connectivity index (χ1) is 12.0. The van der Waals surface area contributed by atoms with E-state index in [1.807, 2.05) is 30.3 Å². The molecular weight excluding hydrogens is 326 g/mol. The van der Waals surface area contributed by atoms with Crippen LogP contribution in [0.4, 0.5) is 8.78 Å². The number of carbonyl (C=O) groups is 2. The average Bonchev–Trinajstić information content (AvgIpc) is 3.41. The Morgan fingerprint density at radius 1 is 1.04 bits per heavy atom. The summed E-state index contributed by atoms with van der Waals surface area (Å²) in [5, 5.41) is 5.49. The summed E-state index contributed by atoms with van der Waals surface area (Å²) in [5.41, 5.74) is 0.861. The maximum atomic E-state index is 13.3. The van der Waals surface area contributed by atoms with Gasteiger partial charge >= 0.3 is 0 Å². The number of benzene rings is 2. The van der Waals surface area contributed by atoms with Gasteiger partial charge in [0.2, 0.25) is 5.91 Å². The molecule has 0 radical (unpaired) electrons. The van der Waals surface area contributed by atoms with Crippen molar-refractivity contribution in [3.63, 3.8) is 0 Å². The van der Waals surface area contributed by atoms with Crippen LogP contribution < -0.4 is 10.6 Å². The first-order valence-electron chi connectivity index (χ1n) is 8.13. The van der Waals surface area contributed by atoms with Gasteiger partial charge in [-0.3, -0.25) is 9.59 Å². The zero-order valence-electron chi connectivity index (χ0n) is 13.5. The number of nitrogens with one attached hydrogen (secondary N) is 2. The Labute approximate surface area is 144 Å². The smallest absolute Gasteiger partial charge is 0.252 e. The van der Waals surface area contributed by atoms with E-state index in [0.29, 0.717) is 6.42 Å². The molecule has 0 heterocycles. The second-order valence-corrected chi connectivity index (χ2v) is 6.13. The Balaban J connectivity index is 1.74. The number of hydrogen-bond acceptors (Lipinski definition) is 2. The van der Waals surface area contributed by atoms with Crippen molar-refractivity contribution in [2.24, 2.45) is 0 Å². The van der Waals surface area contributed by atoms with E-state index in [4.69, 9.17) is 0 Å². The van der Waals surface area contributed by atoms with Gasteiger partial charge in [0.1, 0.15) is 6.04 Å². The molecule has 0 aliphatic heterocycles. The summed E-state index contributed by atoms with van der Waals surface area (Å²) in [7, 11) is 0. The molecule has 6 heteroatoms. The highest BCUT2D eigenvalue weighted by Crippen LogP contribution is 2.19. The molecule has 2 amide bonds. The SMILES string of the molecule is O=C(N[C@@H](Cc1ccccc1)C(=O)NC1CC1)c1ccc(F)c(F)c1. The molecule has 2 aromatic carbocycles. The van der Waals surface area contributed by atoms with Crippen LogP contribution in [0.5, 0.6) is 0 Å². The summed E-state index contributed by atoms with van der Waals surface area (Å²) in [4.78, 5) is 24.8. The third-order valence-electron chi connectivity index (χ3n) is 4.01. The quantitative estimate of drug-likeness (QED) is 0.846. The zero-order chi connectivity index (χ0) is 17.8. The van der Waals surface area contributed by atoms with Gasteiger partial charge in [-0.05, 0) is 36.6 Å². The average molecular weight is 344 g/mol. The lowest BCUT2D eigenvalue weighted by molar-refractivity contribution is -0.123. The topological polar surface area (TPSA) is 58.2 Å². The monoisotopic (exact) mass is 344 g/mol. The van der Waals surface area contributed by atoms with Crippen molar-refractivity contribution in [2.75, 3.05) is 0 Å². The van der Waals surface area contributed by atoms with E-state index in [2.05, 4.69) is 10.6 Å². The fourth-order valence-corrected chi connectivity index (χ4v) is 2.47. The largest absolute Gasteiger partial charge is 0.352 e. The van der Waals surface area contributed by atoms with E-state index in [1.54, 1.807) is 0 Å². The number of hydrogen-bond donors (Lipinski definition) is 2. The molecule has 2 N–H and O–H groups in total. The molecule has 25 heavy (non-hydrogen) atoms. The lowest BCUT2D eigenvalue weighted by Crippen LogP contribution is -2.48. The van der Waals surface area contributed by atoms with Gasteiger partial charge in [-0.1, -0.05) is 30.3 Å². The Bertz CT molecular complexity index is 776. The molecule has 2 aromatic rings. The lowest BCUT2D eigenvalue weighted by atomic mass is 10.0. The minimum Gasteiger partial charge on any atom is -0.352 e. The van der Waals surface area contributed by atoms with E-state index < -0.39 is 23.6 Å². The number of rotatable bonds is 6. The molecule has 0 unspecified atom stereocenters. The third-order valence-corrected chi connectivity index (χ3v) is 4.01. The molecule has 0 bridgehead atoms. The summed E-state index contributed by atoms with van der Waals surface area (Å²) in [6.07, 6.45) is 2.18. The van der Waals surface area contributed by atoms with Crippen LogP contribution in [-0.2, 0) is 11.2 Å². The molecule has 1 atom stereocenters. The second kappa shape index (κ2) is 7.42. The molecule has 1 fully saturated rings. The fraction of sp³-hybridized carbons (Fsp3) is 0.263. The molecule has 3 rings (SSSR count). The Hall–Kier alpha value is -2.76. The molecule has 0 aromatic heterocycles. The van der Waals surface area contributed by atoms with Crippen LogP contribution in [0.25, 0.3) is 0 Å².